The first-order valence-electron chi connectivity index (χ1n) is 4.70. The quantitative estimate of drug-likeness (QED) is 0.715. The zero-order chi connectivity index (χ0) is 12.6. The van der Waals surface area contributed by atoms with Gasteiger partial charge in [0.05, 0.1) is 0 Å². The summed E-state index contributed by atoms with van der Waals surface area (Å²) in [6.45, 7) is 0. The number of hydrogen-bond acceptors (Lipinski definition) is 3. The van der Waals surface area contributed by atoms with Gasteiger partial charge in [0, 0.05) is 11.1 Å². The maximum Gasteiger partial charge on any atom is 0.209 e. The number of phenolic OH excluding ortho intramolecular Hbond substituents is 3. The van der Waals surface area contributed by atoms with E-state index in [2.05, 4.69) is 0 Å². The summed E-state index contributed by atoms with van der Waals surface area (Å²) in [5.74, 6) is -5.06. The molecule has 17 heavy (non-hydrogen) atoms. The third-order valence-electron chi connectivity index (χ3n) is 2.35. The molecule has 0 aromatic heterocycles. The highest BCUT2D eigenvalue weighted by molar-refractivity contribution is 5.73. The largest absolute Gasteiger partial charge is 0.507 e. The first-order chi connectivity index (χ1) is 8.02. The molecule has 0 aliphatic carbocycles. The Morgan fingerprint density at radius 1 is 0.765 bits per heavy atom. The molecule has 2 aromatic carbocycles. The van der Waals surface area contributed by atoms with Gasteiger partial charge in [0.2, 0.25) is 5.82 Å². The van der Waals surface area contributed by atoms with Crippen molar-refractivity contribution < 1.29 is 24.1 Å². The monoisotopic (exact) mass is 238 g/mol. The molecule has 0 unspecified atom stereocenters. The molecule has 3 N–H and O–H groups in total. The van der Waals surface area contributed by atoms with E-state index in [1.165, 1.54) is 24.3 Å². The lowest BCUT2D eigenvalue weighted by atomic mass is 10.0. The Hall–Kier alpha value is -2.30. The first kappa shape index (κ1) is 11.2. The summed E-state index contributed by atoms with van der Waals surface area (Å²) < 4.78 is 26.6. The first-order valence-corrected chi connectivity index (χ1v) is 4.70. The lowest BCUT2D eigenvalue weighted by Crippen LogP contribution is -1.90. The summed E-state index contributed by atoms with van der Waals surface area (Å²) in [5.41, 5.74) is -0.227. The van der Waals surface area contributed by atoms with Gasteiger partial charge in [0.25, 0.3) is 0 Å². The summed E-state index contributed by atoms with van der Waals surface area (Å²) in [4.78, 5) is 0. The molecular weight excluding hydrogens is 230 g/mol. The Kier molecular flexibility index (Phi) is 2.59. The number of halogens is 2. The van der Waals surface area contributed by atoms with Crippen LogP contribution in [0.3, 0.4) is 0 Å². The van der Waals surface area contributed by atoms with Crippen LogP contribution in [0, 0.1) is 11.6 Å². The second kappa shape index (κ2) is 3.93. The Labute approximate surface area is 95.2 Å². The minimum absolute atomic E-state index is 0.0515. The Bertz CT molecular complexity index is 582. The molecule has 0 amide bonds. The molecule has 88 valence electrons. The Balaban J connectivity index is 2.73. The van der Waals surface area contributed by atoms with Gasteiger partial charge in [-0.3, -0.25) is 0 Å². The van der Waals surface area contributed by atoms with E-state index in [4.69, 9.17) is 5.11 Å². The van der Waals surface area contributed by atoms with Crippen molar-refractivity contribution in [3.63, 3.8) is 0 Å². The van der Waals surface area contributed by atoms with Crippen LogP contribution < -0.4 is 0 Å². The summed E-state index contributed by atoms with van der Waals surface area (Å²) in [7, 11) is 0. The van der Waals surface area contributed by atoms with Crippen molar-refractivity contribution in [3.05, 3.63) is 42.0 Å². The van der Waals surface area contributed by atoms with Gasteiger partial charge in [-0.05, 0) is 12.1 Å². The average molecular weight is 238 g/mol. The predicted octanol–water partition coefficient (Wildman–Crippen LogP) is 2.75. The lowest BCUT2D eigenvalue weighted by molar-refractivity contribution is 0.367. The van der Waals surface area contributed by atoms with Gasteiger partial charge in [0.15, 0.2) is 17.3 Å². The molecule has 3 nitrogen and oxygen atoms in total. The number of para-hydroxylation sites is 1. The van der Waals surface area contributed by atoms with Gasteiger partial charge in [-0.1, -0.05) is 18.2 Å². The van der Waals surface area contributed by atoms with Crippen molar-refractivity contribution in [2.24, 2.45) is 0 Å². The number of hydrogen-bond donors (Lipinski definition) is 3. The van der Waals surface area contributed by atoms with E-state index in [1.807, 2.05) is 0 Å². The van der Waals surface area contributed by atoms with Gasteiger partial charge in [-0.15, -0.1) is 0 Å². The fourth-order valence-corrected chi connectivity index (χ4v) is 1.51. The second-order valence-corrected chi connectivity index (χ2v) is 3.44. The van der Waals surface area contributed by atoms with Crippen molar-refractivity contribution in [2.75, 3.05) is 0 Å². The van der Waals surface area contributed by atoms with Crippen molar-refractivity contribution in [1.82, 2.24) is 0 Å². The summed E-state index contributed by atoms with van der Waals surface area (Å²) in [5, 5.41) is 27.8. The fraction of sp³-hybridized carbons (Fsp3) is 0. The van der Waals surface area contributed by atoms with E-state index in [0.29, 0.717) is 0 Å². The van der Waals surface area contributed by atoms with Crippen LogP contribution in [0.4, 0.5) is 8.78 Å². The number of rotatable bonds is 1. The summed E-state index contributed by atoms with van der Waals surface area (Å²) in [6.07, 6.45) is 0. The van der Waals surface area contributed by atoms with Crippen LogP contribution in [0.5, 0.6) is 17.2 Å². The molecule has 0 radical (unpaired) electrons. The second-order valence-electron chi connectivity index (χ2n) is 3.44. The predicted molar refractivity (Wildman–Crippen MR) is 56.8 cm³/mol. The highest BCUT2D eigenvalue weighted by Crippen LogP contribution is 2.38. The SMILES string of the molecule is Oc1ccccc1-c1cc(O)c(F)c(O)c1F. The molecule has 0 aliphatic rings. The highest BCUT2D eigenvalue weighted by atomic mass is 19.1. The smallest absolute Gasteiger partial charge is 0.209 e. The molecule has 0 spiro atoms. The van der Waals surface area contributed by atoms with E-state index in [1.54, 1.807) is 0 Å². The normalized spacial score (nSPS) is 10.5. The maximum absolute atomic E-state index is 13.6. The zero-order valence-corrected chi connectivity index (χ0v) is 8.48. The number of benzene rings is 2. The van der Waals surface area contributed by atoms with Gasteiger partial charge < -0.3 is 15.3 Å². The van der Waals surface area contributed by atoms with Gasteiger partial charge >= 0.3 is 0 Å². The van der Waals surface area contributed by atoms with Crippen LogP contribution in [0.2, 0.25) is 0 Å². The van der Waals surface area contributed by atoms with Gasteiger partial charge in [-0.2, -0.15) is 4.39 Å². The van der Waals surface area contributed by atoms with Crippen LogP contribution in [-0.4, -0.2) is 15.3 Å². The molecule has 5 heteroatoms. The Morgan fingerprint density at radius 3 is 2.06 bits per heavy atom. The average Bonchev–Trinajstić information content (AvgIpc) is 2.32. The van der Waals surface area contributed by atoms with Crippen molar-refractivity contribution in [3.8, 4) is 28.4 Å². The van der Waals surface area contributed by atoms with E-state index in [0.717, 1.165) is 6.07 Å². The van der Waals surface area contributed by atoms with Crippen molar-refractivity contribution in [1.29, 1.82) is 0 Å². The highest BCUT2D eigenvalue weighted by Gasteiger charge is 2.19. The van der Waals surface area contributed by atoms with Crippen LogP contribution in [-0.2, 0) is 0 Å². The van der Waals surface area contributed by atoms with Gasteiger partial charge in [0.1, 0.15) is 5.75 Å². The summed E-state index contributed by atoms with van der Waals surface area (Å²) >= 11 is 0. The number of aromatic hydroxyl groups is 3. The molecule has 0 fully saturated rings. The molecule has 0 saturated carbocycles. The van der Waals surface area contributed by atoms with E-state index >= 15 is 0 Å². The molecule has 2 aromatic rings. The van der Waals surface area contributed by atoms with Crippen molar-refractivity contribution >= 4 is 0 Å². The molecule has 0 heterocycles. The lowest BCUT2D eigenvalue weighted by Gasteiger charge is -2.08. The summed E-state index contributed by atoms with van der Waals surface area (Å²) in [6, 6.07) is 6.56. The van der Waals surface area contributed by atoms with E-state index in [-0.39, 0.29) is 16.9 Å². The third-order valence-corrected chi connectivity index (χ3v) is 2.35. The van der Waals surface area contributed by atoms with Gasteiger partial charge in [-0.25, -0.2) is 4.39 Å². The molecular formula is C12H8F2O3. The standard InChI is InChI=1S/C12H8F2O3/c13-10-7(5-9(16)11(14)12(10)17)6-3-1-2-4-8(6)15/h1-5,15-17H. The number of phenols is 3. The van der Waals surface area contributed by atoms with Crippen molar-refractivity contribution in [2.45, 2.75) is 0 Å². The van der Waals surface area contributed by atoms with Crippen LogP contribution in [0.25, 0.3) is 11.1 Å². The van der Waals surface area contributed by atoms with E-state index < -0.39 is 23.1 Å². The zero-order valence-electron chi connectivity index (χ0n) is 8.48. The van der Waals surface area contributed by atoms with Crippen LogP contribution in [0.1, 0.15) is 0 Å². The molecule has 0 atom stereocenters. The Morgan fingerprint density at radius 2 is 1.41 bits per heavy atom. The minimum Gasteiger partial charge on any atom is -0.507 e. The third kappa shape index (κ3) is 1.75. The maximum atomic E-state index is 13.6. The minimum atomic E-state index is -1.43. The molecule has 0 bridgehead atoms. The van der Waals surface area contributed by atoms with Crippen LogP contribution >= 0.6 is 0 Å². The molecule has 0 aliphatic heterocycles. The fourth-order valence-electron chi connectivity index (χ4n) is 1.51. The van der Waals surface area contributed by atoms with E-state index in [9.17, 15) is 19.0 Å². The molecule has 2 rings (SSSR count). The van der Waals surface area contributed by atoms with Crippen LogP contribution in [0.15, 0.2) is 30.3 Å². The topological polar surface area (TPSA) is 60.7 Å². The molecule has 0 saturated heterocycles.